The van der Waals surface area contributed by atoms with Crippen molar-refractivity contribution in [1.29, 1.82) is 0 Å². The lowest BCUT2D eigenvalue weighted by atomic mass is 10.1. The van der Waals surface area contributed by atoms with Crippen LogP contribution in [0.2, 0.25) is 5.02 Å². The molecule has 0 radical (unpaired) electrons. The summed E-state index contributed by atoms with van der Waals surface area (Å²) < 4.78 is 7.28. The Bertz CT molecular complexity index is 1010. The molecule has 0 saturated heterocycles. The fourth-order valence-electron chi connectivity index (χ4n) is 3.00. The van der Waals surface area contributed by atoms with Gasteiger partial charge in [0.25, 0.3) is 5.91 Å². The Balaban J connectivity index is 1.64. The summed E-state index contributed by atoms with van der Waals surface area (Å²) in [7, 11) is 1.68. The molecule has 5 nitrogen and oxygen atoms in total. The van der Waals surface area contributed by atoms with Crippen LogP contribution in [-0.2, 0) is 11.3 Å². The fourth-order valence-corrected chi connectivity index (χ4v) is 3.18. The number of halogens is 1. The lowest BCUT2D eigenvalue weighted by Gasteiger charge is -2.26. The number of carbonyl (C=O) groups excluding carboxylic acids is 2. The monoisotopic (exact) mass is 354 g/mol. The van der Waals surface area contributed by atoms with Crippen LogP contribution in [0.25, 0.3) is 10.9 Å². The first kappa shape index (κ1) is 15.7. The molecule has 3 aromatic rings. The summed E-state index contributed by atoms with van der Waals surface area (Å²) >= 11 is 6.00. The summed E-state index contributed by atoms with van der Waals surface area (Å²) in [5, 5.41) is 1.66. The second-order valence-corrected chi connectivity index (χ2v) is 6.43. The second kappa shape index (κ2) is 5.93. The van der Waals surface area contributed by atoms with Crippen molar-refractivity contribution in [3.05, 3.63) is 59.2 Å². The van der Waals surface area contributed by atoms with E-state index in [1.807, 2.05) is 35.0 Å². The van der Waals surface area contributed by atoms with E-state index in [0.29, 0.717) is 22.0 Å². The highest BCUT2D eigenvalue weighted by atomic mass is 35.5. The van der Waals surface area contributed by atoms with E-state index < -0.39 is 0 Å². The zero-order valence-corrected chi connectivity index (χ0v) is 14.3. The smallest absolute Gasteiger partial charge is 0.264 e. The molecular weight excluding hydrogens is 340 g/mol. The van der Waals surface area contributed by atoms with E-state index in [9.17, 15) is 9.59 Å². The average molecular weight is 355 g/mol. The highest BCUT2D eigenvalue weighted by molar-refractivity contribution is 6.31. The molecule has 0 fully saturated rings. The quantitative estimate of drug-likeness (QED) is 0.676. The molecule has 0 unspecified atom stereocenters. The molecule has 4 rings (SSSR count). The van der Waals surface area contributed by atoms with Crippen LogP contribution in [0.1, 0.15) is 10.4 Å². The van der Waals surface area contributed by atoms with Crippen LogP contribution in [-0.4, -0.2) is 29.9 Å². The maximum atomic E-state index is 12.7. The van der Waals surface area contributed by atoms with Crippen LogP contribution < -0.4 is 9.64 Å². The van der Waals surface area contributed by atoms with Crippen LogP contribution in [0.5, 0.6) is 5.75 Å². The number of likely N-dealkylation sites (N-methyl/N-ethyl adjacent to an activating group) is 1. The Morgan fingerprint density at radius 1 is 1.20 bits per heavy atom. The molecule has 2 heterocycles. The number of Topliss-reactive ketones (excluding diaryl/α,β-unsaturated/α-hetero) is 1. The number of hydrogen-bond acceptors (Lipinski definition) is 3. The zero-order valence-electron chi connectivity index (χ0n) is 13.5. The maximum Gasteiger partial charge on any atom is 0.264 e. The van der Waals surface area contributed by atoms with Gasteiger partial charge in [-0.25, -0.2) is 0 Å². The number of anilines is 1. The summed E-state index contributed by atoms with van der Waals surface area (Å²) in [5.74, 6) is 0.437. The number of aromatic nitrogens is 1. The third kappa shape index (κ3) is 2.76. The molecule has 0 atom stereocenters. The van der Waals surface area contributed by atoms with Crippen LogP contribution in [0.4, 0.5) is 5.69 Å². The van der Waals surface area contributed by atoms with Crippen molar-refractivity contribution in [3.63, 3.8) is 0 Å². The van der Waals surface area contributed by atoms with Crippen molar-refractivity contribution < 1.29 is 14.3 Å². The predicted octanol–water partition coefficient (Wildman–Crippen LogP) is 3.53. The number of rotatable bonds is 3. The Hall–Kier alpha value is -2.79. The minimum Gasteiger partial charge on any atom is -0.482 e. The minimum atomic E-state index is -0.134. The number of fused-ring (bicyclic) bond motifs is 2. The average Bonchev–Trinajstić information content (AvgIpc) is 3.00. The van der Waals surface area contributed by atoms with Crippen LogP contribution in [0, 0.1) is 0 Å². The van der Waals surface area contributed by atoms with Gasteiger partial charge >= 0.3 is 0 Å². The second-order valence-electron chi connectivity index (χ2n) is 5.99. The Morgan fingerprint density at radius 2 is 2.04 bits per heavy atom. The fraction of sp³-hybridized carbons (Fsp3) is 0.158. The van der Waals surface area contributed by atoms with E-state index in [-0.39, 0.29) is 24.8 Å². The van der Waals surface area contributed by atoms with Crippen LogP contribution in [0.15, 0.2) is 48.7 Å². The van der Waals surface area contributed by atoms with Gasteiger partial charge in [-0.15, -0.1) is 0 Å². The third-order valence-corrected chi connectivity index (χ3v) is 4.65. The molecule has 6 heteroatoms. The van der Waals surface area contributed by atoms with Crippen molar-refractivity contribution in [2.45, 2.75) is 6.54 Å². The van der Waals surface area contributed by atoms with Crippen molar-refractivity contribution in [2.75, 3.05) is 18.6 Å². The molecule has 1 amide bonds. The summed E-state index contributed by atoms with van der Waals surface area (Å²) in [6.07, 6.45) is 1.87. The number of amides is 1. The summed E-state index contributed by atoms with van der Waals surface area (Å²) in [5.41, 5.74) is 2.11. The van der Waals surface area contributed by atoms with Gasteiger partial charge in [0.05, 0.1) is 12.2 Å². The Kier molecular flexibility index (Phi) is 3.73. The van der Waals surface area contributed by atoms with Crippen LogP contribution >= 0.6 is 11.6 Å². The van der Waals surface area contributed by atoms with E-state index in [0.717, 1.165) is 10.9 Å². The molecule has 126 valence electrons. The molecule has 1 aromatic heterocycles. The van der Waals surface area contributed by atoms with Gasteiger partial charge in [-0.1, -0.05) is 11.6 Å². The lowest BCUT2D eigenvalue weighted by Crippen LogP contribution is -2.35. The van der Waals surface area contributed by atoms with Crippen molar-refractivity contribution >= 4 is 39.9 Å². The van der Waals surface area contributed by atoms with Gasteiger partial charge < -0.3 is 14.2 Å². The number of ketones is 1. The highest BCUT2D eigenvalue weighted by Gasteiger charge is 2.23. The van der Waals surface area contributed by atoms with Crippen LogP contribution in [0.3, 0.4) is 0 Å². The standard InChI is InChI=1S/C19H15ClN2O3/c1-21-16-9-13(2-5-18(16)25-11-19(21)24)17(23)10-22-7-6-12-8-14(20)3-4-15(12)22/h2-9H,10-11H2,1H3. The first-order valence-corrected chi connectivity index (χ1v) is 8.22. The van der Waals surface area contributed by atoms with Crippen molar-refractivity contribution in [3.8, 4) is 5.75 Å². The Labute approximate surface area is 149 Å². The van der Waals surface area contributed by atoms with E-state index in [1.165, 1.54) is 4.90 Å². The number of carbonyl (C=O) groups is 2. The molecular formula is C19H15ClN2O3. The van der Waals surface area contributed by atoms with E-state index >= 15 is 0 Å². The van der Waals surface area contributed by atoms with Gasteiger partial charge in [0, 0.05) is 34.7 Å². The van der Waals surface area contributed by atoms with Gasteiger partial charge in [0.15, 0.2) is 12.4 Å². The number of nitrogens with zero attached hydrogens (tertiary/aromatic N) is 2. The molecule has 0 aliphatic carbocycles. The SMILES string of the molecule is CN1C(=O)COc2ccc(C(=O)Cn3ccc4cc(Cl)ccc43)cc21. The summed E-state index contributed by atoms with van der Waals surface area (Å²) in [4.78, 5) is 26.0. The molecule has 2 aromatic carbocycles. The van der Waals surface area contributed by atoms with Gasteiger partial charge in [-0.3, -0.25) is 9.59 Å². The van der Waals surface area contributed by atoms with Gasteiger partial charge in [0.1, 0.15) is 5.75 Å². The minimum absolute atomic E-state index is 0.0225. The first-order chi connectivity index (χ1) is 12.0. The molecule has 0 spiro atoms. The number of hydrogen-bond donors (Lipinski definition) is 0. The van der Waals surface area contributed by atoms with E-state index in [2.05, 4.69) is 0 Å². The predicted molar refractivity (Wildman–Crippen MR) is 96.6 cm³/mol. The highest BCUT2D eigenvalue weighted by Crippen LogP contribution is 2.32. The summed E-state index contributed by atoms with van der Waals surface area (Å²) in [6, 6.07) is 12.7. The maximum absolute atomic E-state index is 12.7. The lowest BCUT2D eigenvalue weighted by molar-refractivity contribution is -0.120. The normalized spacial score (nSPS) is 13.7. The Morgan fingerprint density at radius 3 is 2.88 bits per heavy atom. The molecule has 0 saturated carbocycles. The van der Waals surface area contributed by atoms with Crippen molar-refractivity contribution in [1.82, 2.24) is 4.57 Å². The van der Waals surface area contributed by atoms with Crippen molar-refractivity contribution in [2.24, 2.45) is 0 Å². The topological polar surface area (TPSA) is 51.5 Å². The number of ether oxygens (including phenoxy) is 1. The molecule has 25 heavy (non-hydrogen) atoms. The third-order valence-electron chi connectivity index (χ3n) is 4.41. The van der Waals surface area contributed by atoms with Gasteiger partial charge in [-0.05, 0) is 42.5 Å². The number of benzene rings is 2. The van der Waals surface area contributed by atoms with E-state index in [1.54, 1.807) is 25.2 Å². The van der Waals surface area contributed by atoms with E-state index in [4.69, 9.17) is 16.3 Å². The molecule has 1 aliphatic rings. The molecule has 0 bridgehead atoms. The summed E-state index contributed by atoms with van der Waals surface area (Å²) in [6.45, 7) is 0.233. The largest absolute Gasteiger partial charge is 0.482 e. The zero-order chi connectivity index (χ0) is 17.6. The molecule has 0 N–H and O–H groups in total. The van der Waals surface area contributed by atoms with Gasteiger partial charge in [0.2, 0.25) is 0 Å². The molecule has 1 aliphatic heterocycles. The van der Waals surface area contributed by atoms with Gasteiger partial charge in [-0.2, -0.15) is 0 Å². The first-order valence-electron chi connectivity index (χ1n) is 7.84.